The number of methoxy groups -OCH3 is 2. The van der Waals surface area contributed by atoms with Crippen molar-refractivity contribution in [2.24, 2.45) is 0 Å². The van der Waals surface area contributed by atoms with Crippen LogP contribution in [0.4, 0.5) is 4.79 Å². The number of carbonyl (C=O) groups is 2. The number of hydrogen-bond acceptors (Lipinski definition) is 4. The molecule has 1 heterocycles. The van der Waals surface area contributed by atoms with E-state index in [9.17, 15) is 9.59 Å². The first kappa shape index (κ1) is 19.1. The van der Waals surface area contributed by atoms with Crippen molar-refractivity contribution < 1.29 is 19.1 Å². The molecule has 2 amide bonds. The van der Waals surface area contributed by atoms with Crippen LogP contribution in [0, 0.1) is 0 Å². The summed E-state index contributed by atoms with van der Waals surface area (Å²) in [5.41, 5.74) is 1.53. The number of hydrogen-bond donors (Lipinski definition) is 0. The average Bonchev–Trinajstić information content (AvgIpc) is 2.85. The molecule has 0 bridgehead atoms. The minimum absolute atomic E-state index is 0.0140. The predicted molar refractivity (Wildman–Crippen MR) is 96.2 cm³/mol. The highest BCUT2D eigenvalue weighted by atomic mass is 16.5. The molecule has 1 saturated heterocycles. The third kappa shape index (κ3) is 4.44. The summed E-state index contributed by atoms with van der Waals surface area (Å²) in [4.78, 5) is 28.0. The highest BCUT2D eigenvalue weighted by Crippen LogP contribution is 2.32. The van der Waals surface area contributed by atoms with Gasteiger partial charge in [0.05, 0.1) is 14.2 Å². The fraction of sp³-hybridized carbons (Fsp3) is 0.579. The predicted octanol–water partition coefficient (Wildman–Crippen LogP) is 2.91. The minimum atomic E-state index is -0.339. The van der Waals surface area contributed by atoms with Crippen LogP contribution in [-0.4, -0.2) is 62.2 Å². The van der Waals surface area contributed by atoms with Gasteiger partial charge in [0.15, 0.2) is 0 Å². The van der Waals surface area contributed by atoms with Gasteiger partial charge in [-0.1, -0.05) is 20.8 Å². The minimum Gasteiger partial charge on any atom is -0.496 e. The summed E-state index contributed by atoms with van der Waals surface area (Å²) < 4.78 is 10.2. The normalized spacial score (nSPS) is 15.6. The smallest absolute Gasteiger partial charge is 0.409 e. The molecule has 138 valence electrons. The zero-order valence-electron chi connectivity index (χ0n) is 15.8. The maximum atomic E-state index is 12.9. The van der Waals surface area contributed by atoms with Crippen LogP contribution in [0.15, 0.2) is 18.2 Å². The quantitative estimate of drug-likeness (QED) is 0.824. The maximum absolute atomic E-state index is 12.9. The first-order valence-electron chi connectivity index (χ1n) is 8.58. The molecule has 0 radical (unpaired) electrons. The largest absolute Gasteiger partial charge is 0.496 e. The molecule has 1 aliphatic rings. The number of benzene rings is 1. The monoisotopic (exact) mass is 348 g/mol. The SMILES string of the molecule is COC(=O)N1CCCN(C(=O)c2ccc(OC)c(C(C)(C)C)c2)CC1. The van der Waals surface area contributed by atoms with Gasteiger partial charge in [0.2, 0.25) is 0 Å². The summed E-state index contributed by atoms with van der Waals surface area (Å²) in [6.45, 7) is 8.51. The standard InChI is InChI=1S/C19H28N2O4/c1-19(2,3)15-13-14(7-8-16(15)24-4)17(22)20-9-6-10-21(12-11-20)18(23)25-5/h7-8,13H,6,9-12H2,1-5H3. The Balaban J connectivity index is 2.19. The van der Waals surface area contributed by atoms with Crippen LogP contribution in [0.3, 0.4) is 0 Å². The molecule has 0 spiro atoms. The molecular weight excluding hydrogens is 320 g/mol. The van der Waals surface area contributed by atoms with E-state index in [1.807, 2.05) is 12.1 Å². The van der Waals surface area contributed by atoms with E-state index in [1.54, 1.807) is 23.0 Å². The second-order valence-corrected chi connectivity index (χ2v) is 7.27. The summed E-state index contributed by atoms with van der Waals surface area (Å²) in [6, 6.07) is 5.58. The van der Waals surface area contributed by atoms with Crippen molar-refractivity contribution >= 4 is 12.0 Å². The van der Waals surface area contributed by atoms with E-state index in [-0.39, 0.29) is 17.4 Å². The van der Waals surface area contributed by atoms with Gasteiger partial charge in [-0.15, -0.1) is 0 Å². The molecule has 0 atom stereocenters. The van der Waals surface area contributed by atoms with Crippen molar-refractivity contribution in [2.75, 3.05) is 40.4 Å². The van der Waals surface area contributed by atoms with Crippen molar-refractivity contribution in [1.82, 2.24) is 9.80 Å². The van der Waals surface area contributed by atoms with E-state index in [4.69, 9.17) is 9.47 Å². The summed E-state index contributed by atoms with van der Waals surface area (Å²) in [5.74, 6) is 0.775. The Morgan fingerprint density at radius 1 is 1.00 bits per heavy atom. The zero-order chi connectivity index (χ0) is 18.6. The van der Waals surface area contributed by atoms with Gasteiger partial charge in [0.25, 0.3) is 5.91 Å². The molecule has 1 aliphatic heterocycles. The van der Waals surface area contributed by atoms with E-state index in [2.05, 4.69) is 20.8 Å². The second-order valence-electron chi connectivity index (χ2n) is 7.27. The van der Waals surface area contributed by atoms with Crippen LogP contribution < -0.4 is 4.74 Å². The van der Waals surface area contributed by atoms with Gasteiger partial charge in [0, 0.05) is 37.3 Å². The van der Waals surface area contributed by atoms with Crippen molar-refractivity contribution in [3.8, 4) is 5.75 Å². The van der Waals surface area contributed by atoms with Crippen LogP contribution in [0.2, 0.25) is 0 Å². The van der Waals surface area contributed by atoms with E-state index in [0.717, 1.165) is 17.7 Å². The Hall–Kier alpha value is -2.24. The molecule has 0 aromatic heterocycles. The number of ether oxygens (including phenoxy) is 2. The van der Waals surface area contributed by atoms with Gasteiger partial charge in [-0.05, 0) is 30.0 Å². The first-order valence-corrected chi connectivity index (χ1v) is 8.58. The van der Waals surface area contributed by atoms with Crippen molar-refractivity contribution in [3.05, 3.63) is 29.3 Å². The Kier molecular flexibility index (Phi) is 5.93. The Bertz CT molecular complexity index is 637. The van der Waals surface area contributed by atoms with E-state index < -0.39 is 0 Å². The molecule has 0 saturated carbocycles. The molecule has 1 aromatic carbocycles. The molecular formula is C19H28N2O4. The number of amides is 2. The fourth-order valence-electron chi connectivity index (χ4n) is 3.04. The molecule has 1 fully saturated rings. The average molecular weight is 348 g/mol. The Morgan fingerprint density at radius 2 is 1.64 bits per heavy atom. The van der Waals surface area contributed by atoms with E-state index in [1.165, 1.54) is 7.11 Å². The van der Waals surface area contributed by atoms with Crippen molar-refractivity contribution in [2.45, 2.75) is 32.6 Å². The number of nitrogens with zero attached hydrogens (tertiary/aromatic N) is 2. The highest BCUT2D eigenvalue weighted by molar-refractivity contribution is 5.94. The van der Waals surface area contributed by atoms with Gasteiger partial charge < -0.3 is 19.3 Å². The number of carbonyl (C=O) groups excluding carboxylic acids is 2. The van der Waals surface area contributed by atoms with Crippen molar-refractivity contribution in [3.63, 3.8) is 0 Å². The lowest BCUT2D eigenvalue weighted by molar-refractivity contribution is 0.0757. The second kappa shape index (κ2) is 7.76. The third-order valence-electron chi connectivity index (χ3n) is 4.47. The molecule has 0 N–H and O–H groups in total. The number of rotatable bonds is 2. The summed E-state index contributed by atoms with van der Waals surface area (Å²) in [5, 5.41) is 0. The molecule has 6 nitrogen and oxygen atoms in total. The lowest BCUT2D eigenvalue weighted by Crippen LogP contribution is -2.37. The molecule has 0 unspecified atom stereocenters. The third-order valence-corrected chi connectivity index (χ3v) is 4.47. The lowest BCUT2D eigenvalue weighted by atomic mass is 9.85. The van der Waals surface area contributed by atoms with Crippen LogP contribution in [0.5, 0.6) is 5.75 Å². The lowest BCUT2D eigenvalue weighted by Gasteiger charge is -2.25. The fourth-order valence-corrected chi connectivity index (χ4v) is 3.04. The molecule has 25 heavy (non-hydrogen) atoms. The maximum Gasteiger partial charge on any atom is 0.409 e. The summed E-state index contributed by atoms with van der Waals surface area (Å²) in [7, 11) is 3.02. The van der Waals surface area contributed by atoms with Gasteiger partial charge in [-0.3, -0.25) is 4.79 Å². The van der Waals surface area contributed by atoms with Crippen molar-refractivity contribution in [1.29, 1.82) is 0 Å². The zero-order valence-corrected chi connectivity index (χ0v) is 15.8. The van der Waals surface area contributed by atoms with E-state index in [0.29, 0.717) is 31.7 Å². The van der Waals surface area contributed by atoms with Crippen LogP contribution >= 0.6 is 0 Å². The highest BCUT2D eigenvalue weighted by Gasteiger charge is 2.25. The summed E-state index contributed by atoms with van der Waals surface area (Å²) >= 11 is 0. The van der Waals surface area contributed by atoms with Gasteiger partial charge in [0.1, 0.15) is 5.75 Å². The van der Waals surface area contributed by atoms with Gasteiger partial charge >= 0.3 is 6.09 Å². The first-order chi connectivity index (χ1) is 11.8. The Labute approximate surface area is 149 Å². The molecule has 6 heteroatoms. The van der Waals surface area contributed by atoms with Gasteiger partial charge in [-0.2, -0.15) is 0 Å². The topological polar surface area (TPSA) is 59.1 Å². The van der Waals surface area contributed by atoms with Crippen LogP contribution in [0.25, 0.3) is 0 Å². The van der Waals surface area contributed by atoms with E-state index >= 15 is 0 Å². The van der Waals surface area contributed by atoms with Gasteiger partial charge in [-0.25, -0.2) is 4.79 Å². The molecule has 0 aliphatic carbocycles. The van der Waals surface area contributed by atoms with Crippen LogP contribution in [0.1, 0.15) is 43.1 Å². The molecule has 2 rings (SSSR count). The summed E-state index contributed by atoms with van der Waals surface area (Å²) in [6.07, 6.45) is 0.400. The molecule has 1 aromatic rings. The van der Waals surface area contributed by atoms with Crippen LogP contribution in [-0.2, 0) is 10.2 Å². The Morgan fingerprint density at radius 3 is 2.24 bits per heavy atom.